The van der Waals surface area contributed by atoms with Crippen LogP contribution in [0.3, 0.4) is 0 Å². The van der Waals surface area contributed by atoms with E-state index in [2.05, 4.69) is 11.4 Å². The number of aliphatic imine (C=N–C) groups is 1. The van der Waals surface area contributed by atoms with Crippen molar-refractivity contribution in [3.05, 3.63) is 88.3 Å². The molecule has 3 aromatic rings. The van der Waals surface area contributed by atoms with Crippen LogP contribution in [-0.4, -0.2) is 53.3 Å². The minimum Gasteiger partial charge on any atom is -0.490 e. The highest BCUT2D eigenvalue weighted by molar-refractivity contribution is 6.30. The number of carbonyl (C=O) groups excluding carboxylic acids is 2. The molecule has 1 fully saturated rings. The standard InChI is InChI=1S/C28H26ClN5O4/c1-17(2)38-23-13-18(14-30)3-8-22(23)27-32-25(20-9-12-37-16-20)26(19-4-6-21(29)7-5-19)34(27)28(36)33-11-10-31-24(35)15-33/h3-9,12-13,16-17,25-26H,10-11,15H2,1-2H3,(H,31,35)/t25-,26+/m0/s1. The van der Waals surface area contributed by atoms with Crippen molar-refractivity contribution < 1.29 is 18.7 Å². The number of hydrogen-bond acceptors (Lipinski definition) is 6. The maximum atomic E-state index is 14.2. The molecule has 1 saturated heterocycles. The van der Waals surface area contributed by atoms with Gasteiger partial charge in [0.15, 0.2) is 0 Å². The van der Waals surface area contributed by atoms with E-state index in [0.717, 1.165) is 11.1 Å². The second-order valence-electron chi connectivity index (χ2n) is 9.36. The molecular weight excluding hydrogens is 506 g/mol. The van der Waals surface area contributed by atoms with Crippen molar-refractivity contribution in [2.24, 2.45) is 4.99 Å². The van der Waals surface area contributed by atoms with E-state index in [-0.39, 0.29) is 24.6 Å². The Kier molecular flexibility index (Phi) is 7.07. The van der Waals surface area contributed by atoms with Crippen molar-refractivity contribution in [3.8, 4) is 11.8 Å². The molecule has 10 heteroatoms. The minimum atomic E-state index is -0.556. The van der Waals surface area contributed by atoms with Crippen LogP contribution >= 0.6 is 11.6 Å². The van der Waals surface area contributed by atoms with Crippen molar-refractivity contribution >= 4 is 29.4 Å². The van der Waals surface area contributed by atoms with Crippen LogP contribution in [0.25, 0.3) is 0 Å². The first kappa shape index (κ1) is 25.4. The fourth-order valence-corrected chi connectivity index (χ4v) is 4.85. The smallest absolute Gasteiger partial charge is 0.326 e. The van der Waals surface area contributed by atoms with Crippen molar-refractivity contribution in [1.82, 2.24) is 15.1 Å². The zero-order valence-corrected chi connectivity index (χ0v) is 21.7. The average molecular weight is 532 g/mol. The normalized spacial score (nSPS) is 19.2. The second-order valence-corrected chi connectivity index (χ2v) is 9.80. The lowest BCUT2D eigenvalue weighted by Gasteiger charge is -2.35. The van der Waals surface area contributed by atoms with Crippen LogP contribution in [0.2, 0.25) is 5.02 Å². The number of rotatable bonds is 5. The first-order valence-corrected chi connectivity index (χ1v) is 12.6. The molecule has 0 spiro atoms. The monoisotopic (exact) mass is 531 g/mol. The van der Waals surface area contributed by atoms with E-state index in [0.29, 0.717) is 40.8 Å². The van der Waals surface area contributed by atoms with E-state index >= 15 is 0 Å². The maximum absolute atomic E-state index is 14.2. The molecule has 0 aliphatic carbocycles. The number of furan rings is 1. The quantitative estimate of drug-likeness (QED) is 0.513. The lowest BCUT2D eigenvalue weighted by atomic mass is 9.95. The third kappa shape index (κ3) is 4.95. The number of piperazine rings is 1. The molecular formula is C28H26ClN5O4. The zero-order valence-electron chi connectivity index (χ0n) is 20.9. The lowest BCUT2D eigenvalue weighted by Crippen LogP contribution is -2.55. The number of amides is 3. The second kappa shape index (κ2) is 10.6. The van der Waals surface area contributed by atoms with Gasteiger partial charge in [-0.1, -0.05) is 23.7 Å². The summed E-state index contributed by atoms with van der Waals surface area (Å²) < 4.78 is 11.5. The number of benzene rings is 2. The molecule has 2 aliphatic heterocycles. The van der Waals surface area contributed by atoms with Crippen molar-refractivity contribution in [3.63, 3.8) is 0 Å². The predicted molar refractivity (Wildman–Crippen MR) is 141 cm³/mol. The summed E-state index contributed by atoms with van der Waals surface area (Å²) in [5.74, 6) is 0.598. The fraction of sp³-hybridized carbons (Fsp3) is 0.286. The molecule has 0 radical (unpaired) electrons. The molecule has 5 rings (SSSR count). The highest BCUT2D eigenvalue weighted by atomic mass is 35.5. The largest absolute Gasteiger partial charge is 0.490 e. The maximum Gasteiger partial charge on any atom is 0.326 e. The zero-order chi connectivity index (χ0) is 26.8. The molecule has 0 saturated carbocycles. The summed E-state index contributed by atoms with van der Waals surface area (Å²) in [7, 11) is 0. The summed E-state index contributed by atoms with van der Waals surface area (Å²) in [4.78, 5) is 34.6. The van der Waals surface area contributed by atoms with Gasteiger partial charge < -0.3 is 19.4 Å². The van der Waals surface area contributed by atoms with Gasteiger partial charge in [-0.3, -0.25) is 14.7 Å². The third-order valence-corrected chi connectivity index (χ3v) is 6.64. The number of halogens is 1. The van der Waals surface area contributed by atoms with Gasteiger partial charge in [0.05, 0.1) is 41.9 Å². The van der Waals surface area contributed by atoms with Crippen LogP contribution in [0.1, 0.15) is 48.2 Å². The molecule has 3 heterocycles. The number of hydrogen-bond donors (Lipinski definition) is 1. The van der Waals surface area contributed by atoms with Crippen LogP contribution in [0.4, 0.5) is 4.79 Å². The van der Waals surface area contributed by atoms with E-state index in [1.165, 1.54) is 4.90 Å². The van der Waals surface area contributed by atoms with E-state index in [9.17, 15) is 14.9 Å². The molecule has 38 heavy (non-hydrogen) atoms. The molecule has 3 amide bonds. The Labute approximate surface area is 225 Å². The van der Waals surface area contributed by atoms with E-state index in [1.54, 1.807) is 47.8 Å². The van der Waals surface area contributed by atoms with Gasteiger partial charge in [-0.25, -0.2) is 4.79 Å². The minimum absolute atomic E-state index is 0.0605. The molecule has 194 valence electrons. The number of carbonyl (C=O) groups is 2. The predicted octanol–water partition coefficient (Wildman–Crippen LogP) is 4.69. The number of amidine groups is 1. The molecule has 0 bridgehead atoms. The number of ether oxygens (including phenoxy) is 1. The summed E-state index contributed by atoms with van der Waals surface area (Å²) in [5, 5.41) is 12.8. The first-order valence-electron chi connectivity index (χ1n) is 12.3. The Morgan fingerprint density at radius 2 is 2.00 bits per heavy atom. The fourth-order valence-electron chi connectivity index (χ4n) is 4.72. The van der Waals surface area contributed by atoms with Crippen LogP contribution in [0, 0.1) is 11.3 Å². The highest BCUT2D eigenvalue weighted by Crippen LogP contribution is 2.45. The van der Waals surface area contributed by atoms with E-state index < -0.39 is 12.1 Å². The Bertz CT molecular complexity index is 1410. The summed E-state index contributed by atoms with van der Waals surface area (Å²) >= 11 is 6.19. The number of nitriles is 1. The van der Waals surface area contributed by atoms with E-state index in [4.69, 9.17) is 25.7 Å². The lowest BCUT2D eigenvalue weighted by molar-refractivity contribution is -0.123. The highest BCUT2D eigenvalue weighted by Gasteiger charge is 2.45. The molecule has 2 aromatic carbocycles. The Morgan fingerprint density at radius 3 is 2.66 bits per heavy atom. The summed E-state index contributed by atoms with van der Waals surface area (Å²) in [6.07, 6.45) is 3.00. The van der Waals surface area contributed by atoms with Gasteiger partial charge in [-0.05, 0) is 55.8 Å². The molecule has 2 aliphatic rings. The SMILES string of the molecule is CC(C)Oc1cc(C#N)ccc1C1=N[C@@H](c2ccoc2)[C@@H](c2ccc(Cl)cc2)N1C(=O)N1CCNC(=O)C1. The number of nitrogens with zero attached hydrogens (tertiary/aromatic N) is 4. The van der Waals surface area contributed by atoms with Crippen LogP contribution in [0.15, 0.2) is 70.5 Å². The Balaban J connectivity index is 1.69. The Morgan fingerprint density at radius 1 is 1.21 bits per heavy atom. The van der Waals surface area contributed by atoms with Crippen molar-refractivity contribution in [1.29, 1.82) is 5.26 Å². The third-order valence-electron chi connectivity index (χ3n) is 6.39. The van der Waals surface area contributed by atoms with Crippen LogP contribution < -0.4 is 10.1 Å². The first-order chi connectivity index (χ1) is 18.4. The van der Waals surface area contributed by atoms with Crippen molar-refractivity contribution in [2.45, 2.75) is 32.0 Å². The van der Waals surface area contributed by atoms with Gasteiger partial charge in [0.1, 0.15) is 24.2 Å². The van der Waals surface area contributed by atoms with E-state index in [1.807, 2.05) is 32.0 Å². The van der Waals surface area contributed by atoms with Gasteiger partial charge in [0.25, 0.3) is 0 Å². The van der Waals surface area contributed by atoms with Gasteiger partial charge in [-0.2, -0.15) is 5.26 Å². The topological polar surface area (TPSA) is 111 Å². The molecule has 1 N–H and O–H groups in total. The molecule has 0 unspecified atom stereocenters. The van der Waals surface area contributed by atoms with Gasteiger partial charge in [0.2, 0.25) is 5.91 Å². The van der Waals surface area contributed by atoms with Crippen LogP contribution in [0.5, 0.6) is 5.75 Å². The van der Waals surface area contributed by atoms with Gasteiger partial charge >= 0.3 is 6.03 Å². The summed E-state index contributed by atoms with van der Waals surface area (Å²) in [6.45, 7) is 4.44. The average Bonchev–Trinajstić information content (AvgIpc) is 3.57. The van der Waals surface area contributed by atoms with Crippen LogP contribution in [-0.2, 0) is 4.79 Å². The Hall–Kier alpha value is -4.29. The van der Waals surface area contributed by atoms with Gasteiger partial charge in [-0.15, -0.1) is 0 Å². The summed E-state index contributed by atoms with van der Waals surface area (Å²) in [5.41, 5.74) is 2.59. The molecule has 2 atom stereocenters. The molecule has 9 nitrogen and oxygen atoms in total. The van der Waals surface area contributed by atoms with Crippen molar-refractivity contribution in [2.75, 3.05) is 19.6 Å². The number of urea groups is 1. The molecule has 1 aromatic heterocycles. The van der Waals surface area contributed by atoms with Gasteiger partial charge in [0, 0.05) is 23.7 Å². The summed E-state index contributed by atoms with van der Waals surface area (Å²) in [6, 6.07) is 14.9. The number of nitrogens with one attached hydrogen (secondary N) is 1.